The van der Waals surface area contributed by atoms with Crippen molar-refractivity contribution >= 4 is 45.0 Å². The highest BCUT2D eigenvalue weighted by atomic mass is 79.9. The lowest BCUT2D eigenvalue weighted by Crippen LogP contribution is -2.14. The van der Waals surface area contributed by atoms with Crippen molar-refractivity contribution in [1.82, 2.24) is 0 Å². The average Bonchev–Trinajstić information content (AvgIpc) is 2.48. The summed E-state index contributed by atoms with van der Waals surface area (Å²) in [5.41, 5.74) is 1.61. The van der Waals surface area contributed by atoms with Gasteiger partial charge in [-0.3, -0.25) is 14.9 Å². The molecule has 7 heteroatoms. The fourth-order valence-corrected chi connectivity index (χ4v) is 3.06. The Labute approximate surface area is 140 Å². The number of hydrogen-bond donors (Lipinski definition) is 1. The smallest absolute Gasteiger partial charge is 0.270 e. The summed E-state index contributed by atoms with van der Waals surface area (Å²) >= 11 is 4.68. The third-order valence-corrected chi connectivity index (χ3v) is 4.72. The molecule has 0 aliphatic rings. The van der Waals surface area contributed by atoms with Gasteiger partial charge in [-0.1, -0.05) is 18.2 Å². The summed E-state index contributed by atoms with van der Waals surface area (Å²) in [6, 6.07) is 12.1. The van der Waals surface area contributed by atoms with Gasteiger partial charge in [0.2, 0.25) is 5.91 Å². The first-order valence-electron chi connectivity index (χ1n) is 6.39. The molecule has 0 radical (unpaired) electrons. The van der Waals surface area contributed by atoms with Crippen LogP contribution in [0.15, 0.2) is 51.8 Å². The van der Waals surface area contributed by atoms with E-state index < -0.39 is 4.92 Å². The molecule has 114 valence electrons. The first kappa shape index (κ1) is 16.5. The van der Waals surface area contributed by atoms with Gasteiger partial charge in [0, 0.05) is 21.5 Å². The number of benzene rings is 2. The van der Waals surface area contributed by atoms with Crippen LogP contribution >= 0.6 is 27.7 Å². The second kappa shape index (κ2) is 7.42. The number of hydrogen-bond acceptors (Lipinski definition) is 4. The highest BCUT2D eigenvalue weighted by Gasteiger charge is 2.11. The van der Waals surface area contributed by atoms with E-state index in [4.69, 9.17) is 0 Å². The molecule has 1 amide bonds. The van der Waals surface area contributed by atoms with Crippen LogP contribution in [0.2, 0.25) is 0 Å². The number of aryl methyl sites for hydroxylation is 1. The minimum atomic E-state index is -0.482. The fourth-order valence-electron chi connectivity index (χ4n) is 1.77. The van der Waals surface area contributed by atoms with Gasteiger partial charge in [0.05, 0.1) is 16.4 Å². The van der Waals surface area contributed by atoms with Gasteiger partial charge in [-0.2, -0.15) is 0 Å². The summed E-state index contributed by atoms with van der Waals surface area (Å²) in [6.07, 6.45) is 0. The molecular formula is C15H13BrN2O3S. The van der Waals surface area contributed by atoms with E-state index in [1.807, 2.05) is 31.2 Å². The van der Waals surface area contributed by atoms with Gasteiger partial charge in [-0.15, -0.1) is 11.8 Å². The zero-order valence-corrected chi connectivity index (χ0v) is 14.1. The van der Waals surface area contributed by atoms with Crippen molar-refractivity contribution in [3.63, 3.8) is 0 Å². The van der Waals surface area contributed by atoms with E-state index in [9.17, 15) is 14.9 Å². The maximum atomic E-state index is 12.0. The van der Waals surface area contributed by atoms with Gasteiger partial charge in [-0.05, 0) is 40.5 Å². The Balaban J connectivity index is 1.98. The minimum Gasteiger partial charge on any atom is -0.324 e. The maximum Gasteiger partial charge on any atom is 0.270 e. The Bertz CT molecular complexity index is 722. The molecule has 2 rings (SSSR count). The van der Waals surface area contributed by atoms with Crippen LogP contribution in [0, 0.1) is 17.0 Å². The fraction of sp³-hybridized carbons (Fsp3) is 0.133. The number of nitrogens with one attached hydrogen (secondary N) is 1. The number of non-ortho nitro benzene ring substituents is 1. The van der Waals surface area contributed by atoms with Crippen molar-refractivity contribution in [3.8, 4) is 0 Å². The Kier molecular flexibility index (Phi) is 5.57. The molecule has 5 nitrogen and oxygen atoms in total. The Morgan fingerprint density at radius 3 is 2.68 bits per heavy atom. The van der Waals surface area contributed by atoms with Crippen LogP contribution in [-0.4, -0.2) is 16.6 Å². The molecule has 0 saturated carbocycles. The molecule has 0 bridgehead atoms. The highest BCUT2D eigenvalue weighted by molar-refractivity contribution is 9.10. The van der Waals surface area contributed by atoms with Crippen molar-refractivity contribution in [3.05, 3.63) is 62.6 Å². The summed E-state index contributed by atoms with van der Waals surface area (Å²) < 4.78 is 0.482. The van der Waals surface area contributed by atoms with Crippen molar-refractivity contribution < 1.29 is 9.72 Å². The molecule has 0 unspecified atom stereocenters. The molecule has 0 aliphatic heterocycles. The van der Waals surface area contributed by atoms with E-state index in [1.54, 1.807) is 0 Å². The molecule has 1 N–H and O–H groups in total. The van der Waals surface area contributed by atoms with E-state index in [1.165, 1.54) is 30.0 Å². The van der Waals surface area contributed by atoms with Crippen LogP contribution in [0.4, 0.5) is 11.4 Å². The van der Waals surface area contributed by atoms with Crippen molar-refractivity contribution in [2.45, 2.75) is 11.8 Å². The first-order chi connectivity index (χ1) is 10.5. The van der Waals surface area contributed by atoms with Gasteiger partial charge in [0.25, 0.3) is 5.69 Å². The quantitative estimate of drug-likeness (QED) is 0.474. The molecule has 0 saturated heterocycles. The largest absolute Gasteiger partial charge is 0.324 e. The highest BCUT2D eigenvalue weighted by Crippen LogP contribution is 2.28. The average molecular weight is 381 g/mol. The minimum absolute atomic E-state index is 0.0286. The monoisotopic (exact) mass is 380 g/mol. The number of thioether (sulfide) groups is 1. The number of carbonyl (C=O) groups excluding carboxylic acids is 1. The molecule has 0 fully saturated rings. The summed E-state index contributed by atoms with van der Waals surface area (Å²) in [4.78, 5) is 23.2. The zero-order chi connectivity index (χ0) is 16.1. The SMILES string of the molecule is Cc1ccccc1SCC(=O)Nc1ccc([N+](=O)[O-])cc1Br. The maximum absolute atomic E-state index is 12.0. The lowest BCUT2D eigenvalue weighted by molar-refractivity contribution is -0.384. The van der Waals surface area contributed by atoms with Gasteiger partial charge in [0.1, 0.15) is 0 Å². The van der Waals surface area contributed by atoms with Crippen LogP contribution in [0.1, 0.15) is 5.56 Å². The van der Waals surface area contributed by atoms with E-state index in [0.29, 0.717) is 10.2 Å². The third-order valence-electron chi connectivity index (χ3n) is 2.89. The van der Waals surface area contributed by atoms with E-state index >= 15 is 0 Å². The van der Waals surface area contributed by atoms with Gasteiger partial charge < -0.3 is 5.32 Å². The molecule has 0 atom stereocenters. The second-order valence-corrected chi connectivity index (χ2v) is 6.40. The Morgan fingerprint density at radius 1 is 1.32 bits per heavy atom. The summed E-state index contributed by atoms with van der Waals surface area (Å²) in [7, 11) is 0. The van der Waals surface area contributed by atoms with E-state index in [-0.39, 0.29) is 17.3 Å². The van der Waals surface area contributed by atoms with Crippen molar-refractivity contribution in [2.24, 2.45) is 0 Å². The molecule has 0 aromatic heterocycles. The normalized spacial score (nSPS) is 10.3. The first-order valence-corrected chi connectivity index (χ1v) is 8.17. The Hall–Kier alpha value is -1.86. The van der Waals surface area contributed by atoms with Crippen LogP contribution in [0.5, 0.6) is 0 Å². The predicted octanol–water partition coefficient (Wildman–Crippen LogP) is 4.40. The van der Waals surface area contributed by atoms with Gasteiger partial charge in [-0.25, -0.2) is 0 Å². The number of rotatable bonds is 5. The zero-order valence-electron chi connectivity index (χ0n) is 11.7. The van der Waals surface area contributed by atoms with E-state index in [0.717, 1.165) is 10.5 Å². The van der Waals surface area contributed by atoms with Crippen LogP contribution in [-0.2, 0) is 4.79 Å². The third kappa shape index (κ3) is 4.32. The van der Waals surface area contributed by atoms with Crippen LogP contribution in [0.25, 0.3) is 0 Å². The predicted molar refractivity (Wildman–Crippen MR) is 91.3 cm³/mol. The number of halogens is 1. The standard InChI is InChI=1S/C15H13BrN2O3S/c1-10-4-2-3-5-14(10)22-9-15(19)17-13-7-6-11(18(20)21)8-12(13)16/h2-8H,9H2,1H3,(H,17,19). The van der Waals surface area contributed by atoms with Crippen molar-refractivity contribution in [2.75, 3.05) is 11.1 Å². The second-order valence-electron chi connectivity index (χ2n) is 4.52. The van der Waals surface area contributed by atoms with Gasteiger partial charge in [0.15, 0.2) is 0 Å². The topological polar surface area (TPSA) is 72.2 Å². The van der Waals surface area contributed by atoms with Crippen molar-refractivity contribution in [1.29, 1.82) is 0 Å². The number of carbonyl (C=O) groups is 1. The number of nitrogens with zero attached hydrogens (tertiary/aromatic N) is 1. The van der Waals surface area contributed by atoms with E-state index in [2.05, 4.69) is 21.2 Å². The number of anilines is 1. The number of nitro groups is 1. The molecule has 0 aliphatic carbocycles. The summed E-state index contributed by atoms with van der Waals surface area (Å²) in [5, 5.41) is 13.4. The van der Waals surface area contributed by atoms with Gasteiger partial charge >= 0.3 is 0 Å². The van der Waals surface area contributed by atoms with Crippen LogP contribution < -0.4 is 5.32 Å². The number of nitro benzene ring substituents is 1. The molecule has 2 aromatic rings. The summed E-state index contributed by atoms with van der Waals surface area (Å²) in [6.45, 7) is 1.99. The lowest BCUT2D eigenvalue weighted by atomic mass is 10.2. The number of amides is 1. The molecule has 22 heavy (non-hydrogen) atoms. The molecular weight excluding hydrogens is 368 g/mol. The molecule has 0 spiro atoms. The summed E-state index contributed by atoms with van der Waals surface area (Å²) in [5.74, 6) is 0.108. The molecule has 0 heterocycles. The Morgan fingerprint density at radius 2 is 2.05 bits per heavy atom. The lowest BCUT2D eigenvalue weighted by Gasteiger charge is -2.08. The van der Waals surface area contributed by atoms with Crippen LogP contribution in [0.3, 0.4) is 0 Å². The molecule has 2 aromatic carbocycles.